The molecule has 7 heteroatoms. The summed E-state index contributed by atoms with van der Waals surface area (Å²) in [6.45, 7) is 3.48. The standard InChI is InChI=1S/C17H18F3NO3/c1-2-23-10-4-9-21-16(22)15-8-7-14(24-15)12-5-3-6-13(11-12)17(18,19)20/h3,5-8,11H,2,4,9-10H2,1H3,(H,21,22). The van der Waals surface area contributed by atoms with E-state index >= 15 is 0 Å². The molecular weight excluding hydrogens is 323 g/mol. The van der Waals surface area contributed by atoms with Crippen molar-refractivity contribution in [1.29, 1.82) is 0 Å². The summed E-state index contributed by atoms with van der Waals surface area (Å²) in [4.78, 5) is 11.9. The monoisotopic (exact) mass is 341 g/mol. The summed E-state index contributed by atoms with van der Waals surface area (Å²) in [5.74, 6) is -0.149. The Kier molecular flexibility index (Phi) is 6.03. The van der Waals surface area contributed by atoms with Gasteiger partial charge >= 0.3 is 6.18 Å². The number of amides is 1. The molecule has 1 N–H and O–H groups in total. The van der Waals surface area contributed by atoms with Crippen molar-refractivity contribution in [3.63, 3.8) is 0 Å². The Bertz CT molecular complexity index is 680. The molecule has 0 atom stereocenters. The average Bonchev–Trinajstić information content (AvgIpc) is 3.04. The lowest BCUT2D eigenvalue weighted by Crippen LogP contribution is -2.24. The molecule has 0 bridgehead atoms. The van der Waals surface area contributed by atoms with Gasteiger partial charge in [-0.2, -0.15) is 13.2 Å². The van der Waals surface area contributed by atoms with Crippen LogP contribution in [0.5, 0.6) is 0 Å². The molecular formula is C17H18F3NO3. The van der Waals surface area contributed by atoms with Gasteiger partial charge in [-0.25, -0.2) is 0 Å². The van der Waals surface area contributed by atoms with Crippen molar-refractivity contribution in [2.24, 2.45) is 0 Å². The fourth-order valence-electron chi connectivity index (χ4n) is 2.07. The van der Waals surface area contributed by atoms with Gasteiger partial charge in [0.2, 0.25) is 0 Å². The van der Waals surface area contributed by atoms with E-state index in [0.717, 1.165) is 12.1 Å². The molecule has 0 unspecified atom stereocenters. The van der Waals surface area contributed by atoms with Crippen molar-refractivity contribution >= 4 is 5.91 Å². The molecule has 1 aromatic carbocycles. The van der Waals surface area contributed by atoms with Crippen molar-refractivity contribution < 1.29 is 27.1 Å². The summed E-state index contributed by atoms with van der Waals surface area (Å²) in [6, 6.07) is 7.69. The second-order valence-corrected chi connectivity index (χ2v) is 5.05. The Morgan fingerprint density at radius 2 is 2.04 bits per heavy atom. The molecule has 4 nitrogen and oxygen atoms in total. The first kappa shape index (κ1) is 18.1. The minimum Gasteiger partial charge on any atom is -0.451 e. The largest absolute Gasteiger partial charge is 0.451 e. The summed E-state index contributed by atoms with van der Waals surface area (Å²) < 4.78 is 48.7. The van der Waals surface area contributed by atoms with Crippen LogP contribution in [0.25, 0.3) is 11.3 Å². The van der Waals surface area contributed by atoms with Crippen LogP contribution < -0.4 is 5.32 Å². The first-order valence-corrected chi connectivity index (χ1v) is 7.55. The molecule has 0 aliphatic carbocycles. The number of hydrogen-bond donors (Lipinski definition) is 1. The molecule has 2 rings (SSSR count). The number of carbonyl (C=O) groups is 1. The topological polar surface area (TPSA) is 51.5 Å². The number of hydrogen-bond acceptors (Lipinski definition) is 3. The minimum atomic E-state index is -4.43. The number of benzene rings is 1. The molecule has 0 saturated carbocycles. The van der Waals surface area contributed by atoms with Gasteiger partial charge in [0, 0.05) is 25.3 Å². The molecule has 2 aromatic rings. The molecule has 0 aliphatic heterocycles. The quantitative estimate of drug-likeness (QED) is 0.771. The van der Waals surface area contributed by atoms with Gasteiger partial charge in [0.15, 0.2) is 5.76 Å². The van der Waals surface area contributed by atoms with Crippen LogP contribution in [0.15, 0.2) is 40.8 Å². The third-order valence-corrected chi connectivity index (χ3v) is 3.26. The van der Waals surface area contributed by atoms with E-state index in [1.54, 1.807) is 0 Å². The lowest BCUT2D eigenvalue weighted by molar-refractivity contribution is -0.137. The fraction of sp³-hybridized carbons (Fsp3) is 0.353. The van der Waals surface area contributed by atoms with E-state index in [4.69, 9.17) is 9.15 Å². The number of alkyl halides is 3. The predicted molar refractivity (Wildman–Crippen MR) is 82.6 cm³/mol. The first-order chi connectivity index (χ1) is 11.4. The van der Waals surface area contributed by atoms with E-state index in [9.17, 15) is 18.0 Å². The zero-order chi connectivity index (χ0) is 17.6. The smallest absolute Gasteiger partial charge is 0.416 e. The zero-order valence-corrected chi connectivity index (χ0v) is 13.2. The molecule has 1 amide bonds. The fourth-order valence-corrected chi connectivity index (χ4v) is 2.07. The van der Waals surface area contributed by atoms with Gasteiger partial charge in [-0.3, -0.25) is 4.79 Å². The highest BCUT2D eigenvalue weighted by atomic mass is 19.4. The maximum absolute atomic E-state index is 12.7. The number of halogens is 3. The lowest BCUT2D eigenvalue weighted by atomic mass is 10.1. The molecule has 0 radical (unpaired) electrons. The molecule has 130 valence electrons. The van der Waals surface area contributed by atoms with E-state index in [1.165, 1.54) is 24.3 Å². The Morgan fingerprint density at radius 1 is 1.25 bits per heavy atom. The van der Waals surface area contributed by atoms with E-state index in [0.29, 0.717) is 26.2 Å². The Hall–Kier alpha value is -2.28. The van der Waals surface area contributed by atoms with Gasteiger partial charge in [-0.15, -0.1) is 0 Å². The normalized spacial score (nSPS) is 11.5. The molecule has 1 heterocycles. The maximum Gasteiger partial charge on any atom is 0.416 e. The predicted octanol–water partition coefficient (Wildman–Crippen LogP) is 4.12. The van der Waals surface area contributed by atoms with Gasteiger partial charge in [-0.05, 0) is 37.6 Å². The van der Waals surface area contributed by atoms with Crippen LogP contribution >= 0.6 is 0 Å². The van der Waals surface area contributed by atoms with E-state index in [2.05, 4.69) is 5.32 Å². The lowest BCUT2D eigenvalue weighted by Gasteiger charge is -2.07. The molecule has 0 saturated heterocycles. The van der Waals surface area contributed by atoms with Gasteiger partial charge in [0.1, 0.15) is 5.76 Å². The van der Waals surface area contributed by atoms with Crippen LogP contribution in [0, 0.1) is 0 Å². The van der Waals surface area contributed by atoms with Crippen LogP contribution in [0.2, 0.25) is 0 Å². The van der Waals surface area contributed by atoms with Crippen molar-refractivity contribution in [2.75, 3.05) is 19.8 Å². The van der Waals surface area contributed by atoms with Gasteiger partial charge in [0.05, 0.1) is 5.56 Å². The summed E-state index contributed by atoms with van der Waals surface area (Å²) in [7, 11) is 0. The van der Waals surface area contributed by atoms with Crippen molar-refractivity contribution in [3.8, 4) is 11.3 Å². The van der Waals surface area contributed by atoms with Crippen LogP contribution in [0.4, 0.5) is 13.2 Å². The van der Waals surface area contributed by atoms with Gasteiger partial charge in [-0.1, -0.05) is 12.1 Å². The SMILES string of the molecule is CCOCCCNC(=O)c1ccc(-c2cccc(C(F)(F)F)c2)o1. The molecule has 0 spiro atoms. The second-order valence-electron chi connectivity index (χ2n) is 5.05. The molecule has 24 heavy (non-hydrogen) atoms. The van der Waals surface area contributed by atoms with Gasteiger partial charge < -0.3 is 14.5 Å². The Morgan fingerprint density at radius 3 is 2.75 bits per heavy atom. The van der Waals surface area contributed by atoms with E-state index in [-0.39, 0.29) is 17.1 Å². The van der Waals surface area contributed by atoms with Crippen LogP contribution in [-0.4, -0.2) is 25.7 Å². The molecule has 0 fully saturated rings. The number of carbonyl (C=O) groups excluding carboxylic acids is 1. The van der Waals surface area contributed by atoms with Crippen LogP contribution in [-0.2, 0) is 10.9 Å². The number of rotatable bonds is 7. The van der Waals surface area contributed by atoms with E-state index < -0.39 is 17.6 Å². The summed E-state index contributed by atoms with van der Waals surface area (Å²) in [5, 5.41) is 2.67. The average molecular weight is 341 g/mol. The Labute approximate surface area is 137 Å². The summed E-state index contributed by atoms with van der Waals surface area (Å²) in [5.41, 5.74) is -0.501. The third kappa shape index (κ3) is 4.86. The highest BCUT2D eigenvalue weighted by Crippen LogP contribution is 2.32. The molecule has 1 aromatic heterocycles. The zero-order valence-electron chi connectivity index (χ0n) is 13.2. The van der Waals surface area contributed by atoms with Crippen molar-refractivity contribution in [1.82, 2.24) is 5.32 Å². The number of furan rings is 1. The number of ether oxygens (including phenoxy) is 1. The second kappa shape index (κ2) is 8.01. The van der Waals surface area contributed by atoms with Crippen LogP contribution in [0.3, 0.4) is 0 Å². The Balaban J connectivity index is 2.01. The minimum absolute atomic E-state index is 0.0545. The first-order valence-electron chi connectivity index (χ1n) is 7.55. The summed E-state index contributed by atoms with van der Waals surface area (Å²) >= 11 is 0. The third-order valence-electron chi connectivity index (χ3n) is 3.26. The number of nitrogens with one attached hydrogen (secondary N) is 1. The maximum atomic E-state index is 12.7. The van der Waals surface area contributed by atoms with E-state index in [1.807, 2.05) is 6.92 Å². The summed E-state index contributed by atoms with van der Waals surface area (Å²) in [6.07, 6.45) is -3.76. The highest BCUT2D eigenvalue weighted by Gasteiger charge is 2.30. The van der Waals surface area contributed by atoms with Gasteiger partial charge in [0.25, 0.3) is 5.91 Å². The van der Waals surface area contributed by atoms with Crippen molar-refractivity contribution in [3.05, 3.63) is 47.7 Å². The molecule has 0 aliphatic rings. The highest BCUT2D eigenvalue weighted by molar-refractivity contribution is 5.92. The van der Waals surface area contributed by atoms with Crippen molar-refractivity contribution in [2.45, 2.75) is 19.5 Å². The van der Waals surface area contributed by atoms with Crippen LogP contribution in [0.1, 0.15) is 29.5 Å².